The summed E-state index contributed by atoms with van der Waals surface area (Å²) in [6.07, 6.45) is 3.36. The largest absolute Gasteiger partial charge is 0.478 e. The van der Waals surface area contributed by atoms with Gasteiger partial charge in [-0.3, -0.25) is 4.90 Å². The van der Waals surface area contributed by atoms with Crippen LogP contribution in [0, 0.1) is 5.92 Å². The van der Waals surface area contributed by atoms with Gasteiger partial charge in [-0.1, -0.05) is 18.2 Å². The highest BCUT2D eigenvalue weighted by molar-refractivity contribution is 5.85. The normalized spacial score (nSPS) is 26.8. The smallest absolute Gasteiger partial charge is 0.328 e. The minimum Gasteiger partial charge on any atom is -0.478 e. The minimum absolute atomic E-state index is 0.0274. The van der Waals surface area contributed by atoms with Crippen molar-refractivity contribution in [3.8, 4) is 0 Å². The Labute approximate surface area is 185 Å². The van der Waals surface area contributed by atoms with Crippen LogP contribution in [0.5, 0.6) is 0 Å². The Morgan fingerprint density at radius 1 is 1.34 bits per heavy atom. The fourth-order valence-corrected chi connectivity index (χ4v) is 4.96. The number of nitrogens with one attached hydrogen (secondary N) is 1. The first-order valence-corrected chi connectivity index (χ1v) is 10.7. The summed E-state index contributed by atoms with van der Waals surface area (Å²) in [5.74, 6) is -3.05. The molecule has 0 saturated heterocycles. The molecule has 0 radical (unpaired) electrons. The number of carboxylic acid groups (broad SMARTS) is 1. The Morgan fingerprint density at radius 2 is 2.06 bits per heavy atom. The fourth-order valence-electron chi connectivity index (χ4n) is 4.96. The maximum absolute atomic E-state index is 15.5. The summed E-state index contributed by atoms with van der Waals surface area (Å²) in [5, 5.41) is 9.82. The Hall–Kier alpha value is -2.80. The number of alkyl halides is 2. The van der Waals surface area contributed by atoms with Gasteiger partial charge in [0.15, 0.2) is 0 Å². The standard InChI is InChI=1S/C25H27F3N2O2/c1-14-10-17-16-6-4-5-7-20(16)29-23(17)24(30(14)13-25(2,3)28)22-18(26)11-15(12-19(22)27)8-9-21(31)32/h4-9,11-12,14,18,22,24,29H,10,13H2,1-3H3,(H,31,32)/b9-8+/t14-,18?,22?,24-/m1/s1. The van der Waals surface area contributed by atoms with E-state index in [1.165, 1.54) is 32.1 Å². The molecule has 32 heavy (non-hydrogen) atoms. The van der Waals surface area contributed by atoms with Crippen molar-refractivity contribution in [1.29, 1.82) is 0 Å². The van der Waals surface area contributed by atoms with Gasteiger partial charge in [-0.15, -0.1) is 0 Å². The molecule has 2 N–H and O–H groups in total. The summed E-state index contributed by atoms with van der Waals surface area (Å²) in [6.45, 7) is 4.91. The molecule has 7 heteroatoms. The molecule has 2 aliphatic rings. The number of carbonyl (C=O) groups is 1. The Bertz CT molecular complexity index is 1130. The van der Waals surface area contributed by atoms with Gasteiger partial charge in [0.25, 0.3) is 0 Å². The lowest BCUT2D eigenvalue weighted by molar-refractivity contribution is -0.131. The van der Waals surface area contributed by atoms with Gasteiger partial charge < -0.3 is 10.1 Å². The number of allylic oxidation sites excluding steroid dienone is 4. The molecule has 0 spiro atoms. The molecule has 1 aliphatic heterocycles. The monoisotopic (exact) mass is 444 g/mol. The van der Waals surface area contributed by atoms with E-state index in [9.17, 15) is 9.18 Å². The molecule has 1 aromatic heterocycles. The number of rotatable bonds is 5. The van der Waals surface area contributed by atoms with Crippen molar-refractivity contribution >= 4 is 16.9 Å². The van der Waals surface area contributed by atoms with E-state index in [-0.39, 0.29) is 18.2 Å². The van der Waals surface area contributed by atoms with Crippen molar-refractivity contribution < 1.29 is 23.1 Å². The number of hydrogen-bond acceptors (Lipinski definition) is 2. The summed E-state index contributed by atoms with van der Waals surface area (Å²) in [4.78, 5) is 16.0. The van der Waals surface area contributed by atoms with Crippen LogP contribution in [-0.2, 0) is 11.2 Å². The molecule has 0 fully saturated rings. The third-order valence-corrected chi connectivity index (χ3v) is 6.20. The molecule has 2 unspecified atom stereocenters. The molecule has 2 aromatic rings. The van der Waals surface area contributed by atoms with E-state index in [4.69, 9.17) is 5.11 Å². The zero-order valence-electron chi connectivity index (χ0n) is 18.3. The van der Waals surface area contributed by atoms with Crippen molar-refractivity contribution in [2.24, 2.45) is 5.92 Å². The molecule has 2 heterocycles. The first-order chi connectivity index (χ1) is 15.0. The highest BCUT2D eigenvalue weighted by Crippen LogP contribution is 2.47. The van der Waals surface area contributed by atoms with Crippen molar-refractivity contribution in [2.75, 3.05) is 6.54 Å². The highest BCUT2D eigenvalue weighted by Gasteiger charge is 2.46. The third-order valence-electron chi connectivity index (χ3n) is 6.20. The lowest BCUT2D eigenvalue weighted by Gasteiger charge is -2.46. The van der Waals surface area contributed by atoms with Gasteiger partial charge in [-0.2, -0.15) is 0 Å². The number of aliphatic carboxylic acids is 1. The van der Waals surface area contributed by atoms with Crippen LogP contribution < -0.4 is 0 Å². The number of aromatic nitrogens is 1. The first kappa shape index (κ1) is 22.4. The zero-order chi connectivity index (χ0) is 23.2. The second-order valence-corrected chi connectivity index (χ2v) is 9.29. The van der Waals surface area contributed by atoms with E-state index in [1.807, 2.05) is 36.1 Å². The lowest BCUT2D eigenvalue weighted by atomic mass is 9.79. The lowest BCUT2D eigenvalue weighted by Crippen LogP contribution is -2.51. The second-order valence-electron chi connectivity index (χ2n) is 9.29. The van der Waals surface area contributed by atoms with Crippen LogP contribution in [0.1, 0.15) is 38.1 Å². The Balaban J connectivity index is 1.82. The molecule has 0 saturated carbocycles. The maximum atomic E-state index is 15.5. The number of carboxylic acids is 1. The van der Waals surface area contributed by atoms with Crippen molar-refractivity contribution in [3.05, 3.63) is 71.2 Å². The fraction of sp³-hybridized carbons (Fsp3) is 0.400. The number of hydrogen-bond donors (Lipinski definition) is 2. The van der Waals surface area contributed by atoms with E-state index in [2.05, 4.69) is 4.98 Å². The van der Waals surface area contributed by atoms with Crippen LogP contribution in [-0.4, -0.2) is 45.4 Å². The summed E-state index contributed by atoms with van der Waals surface area (Å²) < 4.78 is 45.6. The molecule has 170 valence electrons. The number of fused-ring (bicyclic) bond motifs is 3. The molecule has 4 nitrogen and oxygen atoms in total. The van der Waals surface area contributed by atoms with E-state index in [0.29, 0.717) is 12.1 Å². The van der Waals surface area contributed by atoms with Crippen LogP contribution in [0.4, 0.5) is 13.2 Å². The third kappa shape index (κ3) is 4.26. The van der Waals surface area contributed by atoms with Gasteiger partial charge in [0.05, 0.1) is 12.0 Å². The quantitative estimate of drug-likeness (QED) is 0.591. The van der Waals surface area contributed by atoms with E-state index in [1.54, 1.807) is 0 Å². The molecule has 0 bridgehead atoms. The van der Waals surface area contributed by atoms with Gasteiger partial charge >= 0.3 is 5.97 Å². The molecular weight excluding hydrogens is 417 g/mol. The molecule has 4 atom stereocenters. The van der Waals surface area contributed by atoms with Gasteiger partial charge in [0.2, 0.25) is 0 Å². The van der Waals surface area contributed by atoms with E-state index >= 15 is 8.78 Å². The number of aromatic amines is 1. The molecule has 4 rings (SSSR count). The number of nitrogens with zero attached hydrogens (tertiary/aromatic N) is 1. The predicted octanol–water partition coefficient (Wildman–Crippen LogP) is 5.59. The van der Waals surface area contributed by atoms with Gasteiger partial charge in [-0.05, 0) is 62.6 Å². The topological polar surface area (TPSA) is 56.3 Å². The number of H-pyrrole nitrogens is 1. The van der Waals surface area contributed by atoms with Crippen LogP contribution >= 0.6 is 0 Å². The summed E-state index contributed by atoms with van der Waals surface area (Å²) in [6, 6.07) is 6.87. The van der Waals surface area contributed by atoms with Crippen molar-refractivity contribution in [3.63, 3.8) is 0 Å². The van der Waals surface area contributed by atoms with Crippen LogP contribution in [0.15, 0.2) is 60.0 Å². The SMILES string of the molecule is C[C@@H]1Cc2c([nH]c3ccccc23)[C@@H](C2C(F)=CC(/C=C/C(=O)O)=CC2F)N1CC(C)(C)F. The Kier molecular flexibility index (Phi) is 5.79. The maximum Gasteiger partial charge on any atom is 0.328 e. The van der Waals surface area contributed by atoms with E-state index in [0.717, 1.165) is 22.5 Å². The molecule has 0 amide bonds. The van der Waals surface area contributed by atoms with Crippen LogP contribution in [0.2, 0.25) is 0 Å². The average molecular weight is 444 g/mol. The van der Waals surface area contributed by atoms with Crippen LogP contribution in [0.25, 0.3) is 10.9 Å². The van der Waals surface area contributed by atoms with Crippen molar-refractivity contribution in [1.82, 2.24) is 9.88 Å². The molecular formula is C25H27F3N2O2. The predicted molar refractivity (Wildman–Crippen MR) is 119 cm³/mol. The Morgan fingerprint density at radius 3 is 2.72 bits per heavy atom. The van der Waals surface area contributed by atoms with E-state index < -0.39 is 35.6 Å². The molecule has 1 aromatic carbocycles. The number of para-hydroxylation sites is 1. The summed E-state index contributed by atoms with van der Waals surface area (Å²) in [5.41, 5.74) is 1.20. The second kappa shape index (κ2) is 8.28. The number of benzene rings is 1. The number of halogens is 3. The summed E-state index contributed by atoms with van der Waals surface area (Å²) >= 11 is 0. The molecule has 1 aliphatic carbocycles. The average Bonchev–Trinajstić information content (AvgIpc) is 3.05. The van der Waals surface area contributed by atoms with Gasteiger partial charge in [0, 0.05) is 35.3 Å². The summed E-state index contributed by atoms with van der Waals surface area (Å²) in [7, 11) is 0. The van der Waals surface area contributed by atoms with Crippen molar-refractivity contribution in [2.45, 2.75) is 51.1 Å². The highest BCUT2D eigenvalue weighted by atomic mass is 19.1. The van der Waals surface area contributed by atoms with Gasteiger partial charge in [0.1, 0.15) is 17.7 Å². The van der Waals surface area contributed by atoms with Gasteiger partial charge in [-0.25, -0.2) is 18.0 Å². The minimum atomic E-state index is -1.70. The zero-order valence-corrected chi connectivity index (χ0v) is 18.3. The van der Waals surface area contributed by atoms with Crippen LogP contribution in [0.3, 0.4) is 0 Å². The first-order valence-electron chi connectivity index (χ1n) is 10.7.